The van der Waals surface area contributed by atoms with Gasteiger partial charge in [-0.05, 0) is 6.42 Å². The molecular formula is C18H26N3O3+. The van der Waals surface area contributed by atoms with Crippen LogP contribution >= 0.6 is 0 Å². The summed E-state index contributed by atoms with van der Waals surface area (Å²) in [5.74, 6) is 2.13. The van der Waals surface area contributed by atoms with Gasteiger partial charge < -0.3 is 19.7 Å². The zero-order valence-corrected chi connectivity index (χ0v) is 14.8. The van der Waals surface area contributed by atoms with Crippen LogP contribution in [-0.4, -0.2) is 39.8 Å². The summed E-state index contributed by atoms with van der Waals surface area (Å²) in [5.41, 5.74) is 0.814. The maximum Gasteiger partial charge on any atom is 0.279 e. The van der Waals surface area contributed by atoms with Crippen molar-refractivity contribution in [2.24, 2.45) is 11.8 Å². The summed E-state index contributed by atoms with van der Waals surface area (Å²) in [6.07, 6.45) is 1.22. The van der Waals surface area contributed by atoms with E-state index in [9.17, 15) is 10.1 Å². The number of anilines is 1. The van der Waals surface area contributed by atoms with E-state index in [0.29, 0.717) is 41.1 Å². The lowest BCUT2D eigenvalue weighted by molar-refractivity contribution is -0.904. The summed E-state index contributed by atoms with van der Waals surface area (Å²) in [4.78, 5) is 13.7. The molecule has 0 bridgehead atoms. The zero-order valence-electron chi connectivity index (χ0n) is 14.8. The fourth-order valence-electron chi connectivity index (χ4n) is 3.56. The first kappa shape index (κ1) is 18.1. The minimum atomic E-state index is -0.0879. The Morgan fingerprint density at radius 2 is 1.83 bits per heavy atom. The normalized spacial score (nSPS) is 23.2. The summed E-state index contributed by atoms with van der Waals surface area (Å²) in [6, 6.07) is 5.29. The van der Waals surface area contributed by atoms with Gasteiger partial charge in [-0.15, -0.1) is 0 Å². The fourth-order valence-corrected chi connectivity index (χ4v) is 3.56. The van der Waals surface area contributed by atoms with Crippen molar-refractivity contribution in [2.75, 3.05) is 39.2 Å². The number of amides is 1. The molecule has 1 aliphatic heterocycles. The van der Waals surface area contributed by atoms with Crippen LogP contribution in [0, 0.1) is 23.2 Å². The van der Waals surface area contributed by atoms with E-state index in [-0.39, 0.29) is 5.91 Å². The molecule has 1 amide bonds. The molecule has 1 heterocycles. The van der Waals surface area contributed by atoms with Crippen LogP contribution in [0.4, 0.5) is 5.69 Å². The van der Waals surface area contributed by atoms with Crippen LogP contribution in [0.5, 0.6) is 11.5 Å². The Labute approximate surface area is 143 Å². The Kier molecular flexibility index (Phi) is 6.04. The lowest BCUT2D eigenvalue weighted by Crippen LogP contribution is -3.15. The van der Waals surface area contributed by atoms with Gasteiger partial charge >= 0.3 is 0 Å². The van der Waals surface area contributed by atoms with Crippen molar-refractivity contribution in [3.8, 4) is 17.6 Å². The molecule has 0 aliphatic carbocycles. The number of quaternary nitrogens is 1. The number of rotatable bonds is 5. The quantitative estimate of drug-likeness (QED) is 0.846. The molecular weight excluding hydrogens is 306 g/mol. The topological polar surface area (TPSA) is 75.8 Å². The Balaban J connectivity index is 2.09. The number of likely N-dealkylation sites (tertiary alicyclic amines) is 1. The smallest absolute Gasteiger partial charge is 0.279 e. The molecule has 24 heavy (non-hydrogen) atoms. The third-order valence-electron chi connectivity index (χ3n) is 4.41. The Hall–Kier alpha value is -2.26. The molecule has 1 fully saturated rings. The SMILES string of the molecule is COc1cc(C#N)c(NC(=O)C[NH+]2C[C@H](C)C[C@H](C)C2)cc1OC. The Morgan fingerprint density at radius 3 is 2.38 bits per heavy atom. The molecule has 1 aliphatic rings. The summed E-state index contributed by atoms with van der Waals surface area (Å²) in [5, 5.41) is 12.1. The molecule has 0 saturated carbocycles. The van der Waals surface area contributed by atoms with Crippen molar-refractivity contribution in [3.05, 3.63) is 17.7 Å². The van der Waals surface area contributed by atoms with Gasteiger partial charge in [0, 0.05) is 24.0 Å². The lowest BCUT2D eigenvalue weighted by Gasteiger charge is -2.31. The second-order valence-corrected chi connectivity index (χ2v) is 6.69. The number of carbonyl (C=O) groups excluding carboxylic acids is 1. The molecule has 3 atom stereocenters. The van der Waals surface area contributed by atoms with E-state index in [4.69, 9.17) is 9.47 Å². The highest BCUT2D eigenvalue weighted by Crippen LogP contribution is 2.32. The van der Waals surface area contributed by atoms with Crippen LogP contribution in [0.1, 0.15) is 25.8 Å². The Bertz CT molecular complexity index is 629. The number of nitrogens with one attached hydrogen (secondary N) is 2. The molecule has 0 spiro atoms. The Morgan fingerprint density at radius 1 is 1.25 bits per heavy atom. The molecule has 1 saturated heterocycles. The minimum Gasteiger partial charge on any atom is -0.493 e. The monoisotopic (exact) mass is 332 g/mol. The molecule has 6 heteroatoms. The maximum absolute atomic E-state index is 12.4. The summed E-state index contributed by atoms with van der Waals surface area (Å²) >= 11 is 0. The second-order valence-electron chi connectivity index (χ2n) is 6.69. The van der Waals surface area contributed by atoms with E-state index in [2.05, 4.69) is 25.2 Å². The molecule has 2 rings (SSSR count). The number of nitriles is 1. The number of methoxy groups -OCH3 is 2. The van der Waals surface area contributed by atoms with Crippen molar-refractivity contribution in [1.82, 2.24) is 0 Å². The van der Waals surface area contributed by atoms with Crippen LogP contribution in [0.3, 0.4) is 0 Å². The van der Waals surface area contributed by atoms with Crippen molar-refractivity contribution in [3.63, 3.8) is 0 Å². The van der Waals surface area contributed by atoms with Crippen LogP contribution in [0.15, 0.2) is 12.1 Å². The van der Waals surface area contributed by atoms with Crippen molar-refractivity contribution in [2.45, 2.75) is 20.3 Å². The van der Waals surface area contributed by atoms with Gasteiger partial charge in [0.05, 0.1) is 38.6 Å². The van der Waals surface area contributed by atoms with Crippen molar-refractivity contribution < 1.29 is 19.2 Å². The molecule has 1 aromatic carbocycles. The molecule has 6 nitrogen and oxygen atoms in total. The first-order valence-electron chi connectivity index (χ1n) is 8.26. The summed E-state index contributed by atoms with van der Waals surface area (Å²) in [6.45, 7) is 6.89. The number of piperidine rings is 1. The van der Waals surface area contributed by atoms with Gasteiger partial charge in [0.15, 0.2) is 18.0 Å². The van der Waals surface area contributed by atoms with Gasteiger partial charge in [-0.2, -0.15) is 5.26 Å². The van der Waals surface area contributed by atoms with Gasteiger partial charge in [-0.25, -0.2) is 0 Å². The molecule has 1 unspecified atom stereocenters. The number of benzene rings is 1. The van der Waals surface area contributed by atoms with E-state index in [1.165, 1.54) is 25.5 Å². The van der Waals surface area contributed by atoms with E-state index in [1.807, 2.05) is 0 Å². The van der Waals surface area contributed by atoms with Crippen LogP contribution in [-0.2, 0) is 4.79 Å². The average molecular weight is 332 g/mol. The van der Waals surface area contributed by atoms with Crippen LogP contribution < -0.4 is 19.7 Å². The largest absolute Gasteiger partial charge is 0.493 e. The van der Waals surface area contributed by atoms with Gasteiger partial charge in [-0.1, -0.05) is 13.8 Å². The highest BCUT2D eigenvalue weighted by Gasteiger charge is 2.27. The number of carbonyl (C=O) groups is 1. The summed E-state index contributed by atoms with van der Waals surface area (Å²) in [7, 11) is 3.04. The number of hydrogen-bond acceptors (Lipinski definition) is 4. The first-order chi connectivity index (χ1) is 11.5. The van der Waals surface area contributed by atoms with Crippen molar-refractivity contribution in [1.29, 1.82) is 5.26 Å². The predicted octanol–water partition coefficient (Wildman–Crippen LogP) is 1.07. The molecule has 2 N–H and O–H groups in total. The molecule has 130 valence electrons. The first-order valence-corrected chi connectivity index (χ1v) is 8.26. The van der Waals surface area contributed by atoms with Gasteiger partial charge in [0.25, 0.3) is 5.91 Å². The van der Waals surface area contributed by atoms with E-state index in [0.717, 1.165) is 13.1 Å². The van der Waals surface area contributed by atoms with E-state index in [1.54, 1.807) is 12.1 Å². The highest BCUT2D eigenvalue weighted by molar-refractivity contribution is 5.93. The predicted molar refractivity (Wildman–Crippen MR) is 91.4 cm³/mol. The minimum absolute atomic E-state index is 0.0879. The van der Waals surface area contributed by atoms with Crippen LogP contribution in [0.25, 0.3) is 0 Å². The standard InChI is InChI=1S/C18H25N3O3/c1-12-5-13(2)10-21(9-12)11-18(22)20-15-7-17(24-4)16(23-3)6-14(15)8-19/h6-7,12-13H,5,9-11H2,1-4H3,(H,20,22)/p+1/t12-,13+. The van der Waals surface area contributed by atoms with Gasteiger partial charge in [-0.3, -0.25) is 4.79 Å². The van der Waals surface area contributed by atoms with Crippen molar-refractivity contribution >= 4 is 11.6 Å². The fraction of sp³-hybridized carbons (Fsp3) is 0.556. The zero-order chi connectivity index (χ0) is 17.7. The number of nitrogens with zero attached hydrogens (tertiary/aromatic N) is 1. The molecule has 0 radical (unpaired) electrons. The third-order valence-corrected chi connectivity index (χ3v) is 4.41. The molecule has 1 aromatic rings. The van der Waals surface area contributed by atoms with E-state index >= 15 is 0 Å². The number of hydrogen-bond donors (Lipinski definition) is 2. The lowest BCUT2D eigenvalue weighted by atomic mass is 9.92. The summed E-state index contributed by atoms with van der Waals surface area (Å²) < 4.78 is 10.4. The van der Waals surface area contributed by atoms with E-state index < -0.39 is 0 Å². The second kappa shape index (κ2) is 8.02. The van der Waals surface area contributed by atoms with Crippen LogP contribution in [0.2, 0.25) is 0 Å². The third kappa shape index (κ3) is 4.39. The number of ether oxygens (including phenoxy) is 2. The van der Waals surface area contributed by atoms with Gasteiger partial charge in [0.1, 0.15) is 6.07 Å². The highest BCUT2D eigenvalue weighted by atomic mass is 16.5. The molecule has 0 aromatic heterocycles. The van der Waals surface area contributed by atoms with Gasteiger partial charge in [0.2, 0.25) is 0 Å². The average Bonchev–Trinajstić information content (AvgIpc) is 2.53. The maximum atomic E-state index is 12.4.